The van der Waals surface area contributed by atoms with Crippen LogP contribution in [-0.4, -0.2) is 19.6 Å². The van der Waals surface area contributed by atoms with E-state index in [1.165, 1.54) is 25.3 Å². The first-order valence-corrected chi connectivity index (χ1v) is 8.53. The first kappa shape index (κ1) is 18.5. The molecule has 3 rings (SSSR count). The molecule has 7 heteroatoms. The quantitative estimate of drug-likeness (QED) is 0.784. The van der Waals surface area contributed by atoms with E-state index in [2.05, 4.69) is 10.1 Å². The molecule has 0 radical (unpaired) electrons. The van der Waals surface area contributed by atoms with E-state index < -0.39 is 12.2 Å². The molecule has 2 aromatic rings. The van der Waals surface area contributed by atoms with Crippen molar-refractivity contribution in [3.05, 3.63) is 58.6 Å². The summed E-state index contributed by atoms with van der Waals surface area (Å²) in [4.78, 5) is 12.7. The molecule has 138 valence electrons. The number of halogens is 3. The Labute approximate surface area is 155 Å². The SMILES string of the molecule is COc1ccc(C(=O)NC2(c3ccc(Cl)cc3)CCC2)cc1OC(F)F. The van der Waals surface area contributed by atoms with E-state index in [9.17, 15) is 13.6 Å². The number of ether oxygens (including phenoxy) is 2. The van der Waals surface area contributed by atoms with Gasteiger partial charge in [0.2, 0.25) is 0 Å². The van der Waals surface area contributed by atoms with Crippen molar-refractivity contribution in [1.82, 2.24) is 5.32 Å². The minimum atomic E-state index is -3.01. The predicted octanol–water partition coefficient (Wildman–Crippen LogP) is 4.76. The summed E-state index contributed by atoms with van der Waals surface area (Å²) in [7, 11) is 1.34. The van der Waals surface area contributed by atoms with Crippen LogP contribution in [0, 0.1) is 0 Å². The zero-order valence-corrected chi connectivity index (χ0v) is 14.9. The molecule has 0 aliphatic heterocycles. The standard InChI is InChI=1S/C19H18ClF2NO3/c1-25-15-8-3-12(11-16(15)26-18(21)22)17(24)23-19(9-2-10-19)13-4-6-14(20)7-5-13/h3-8,11,18H,2,9-10H2,1H3,(H,23,24). The second kappa shape index (κ2) is 7.50. The van der Waals surface area contributed by atoms with Gasteiger partial charge in [0, 0.05) is 10.6 Å². The molecule has 1 fully saturated rings. The predicted molar refractivity (Wildman–Crippen MR) is 94.1 cm³/mol. The Bertz CT molecular complexity index is 792. The van der Waals surface area contributed by atoms with Crippen LogP contribution in [0.5, 0.6) is 11.5 Å². The van der Waals surface area contributed by atoms with Gasteiger partial charge in [0.1, 0.15) is 0 Å². The minimum absolute atomic E-state index is 0.137. The molecule has 0 spiro atoms. The maximum atomic E-state index is 12.7. The van der Waals surface area contributed by atoms with Crippen LogP contribution >= 0.6 is 11.6 Å². The summed E-state index contributed by atoms with van der Waals surface area (Å²) in [6.45, 7) is -3.01. The fourth-order valence-corrected chi connectivity index (χ4v) is 3.21. The van der Waals surface area contributed by atoms with Gasteiger partial charge < -0.3 is 14.8 Å². The van der Waals surface area contributed by atoms with Gasteiger partial charge in [-0.05, 0) is 55.2 Å². The fraction of sp³-hybridized carbons (Fsp3) is 0.316. The third-order valence-electron chi connectivity index (χ3n) is 4.60. The lowest BCUT2D eigenvalue weighted by Crippen LogP contribution is -2.50. The maximum absolute atomic E-state index is 12.7. The van der Waals surface area contributed by atoms with E-state index in [4.69, 9.17) is 16.3 Å². The number of benzene rings is 2. The molecule has 0 saturated heterocycles. The van der Waals surface area contributed by atoms with Crippen LogP contribution in [0.3, 0.4) is 0 Å². The van der Waals surface area contributed by atoms with Crippen LogP contribution in [0.4, 0.5) is 8.78 Å². The molecule has 1 aliphatic rings. The lowest BCUT2D eigenvalue weighted by molar-refractivity contribution is -0.0512. The second-order valence-corrected chi connectivity index (χ2v) is 6.58. The molecule has 0 heterocycles. The van der Waals surface area contributed by atoms with Crippen LogP contribution in [0.2, 0.25) is 5.02 Å². The highest BCUT2D eigenvalue weighted by molar-refractivity contribution is 6.30. The van der Waals surface area contributed by atoms with Crippen LogP contribution in [0.15, 0.2) is 42.5 Å². The molecule has 1 N–H and O–H groups in total. The average molecular weight is 382 g/mol. The molecule has 26 heavy (non-hydrogen) atoms. The van der Waals surface area contributed by atoms with Gasteiger partial charge in [0.25, 0.3) is 5.91 Å². The average Bonchev–Trinajstić information content (AvgIpc) is 2.58. The van der Waals surface area contributed by atoms with Crippen molar-refractivity contribution >= 4 is 17.5 Å². The zero-order chi connectivity index (χ0) is 18.7. The smallest absolute Gasteiger partial charge is 0.387 e. The molecule has 0 unspecified atom stereocenters. The zero-order valence-electron chi connectivity index (χ0n) is 14.1. The van der Waals surface area contributed by atoms with Crippen molar-refractivity contribution in [2.75, 3.05) is 7.11 Å². The Hall–Kier alpha value is -2.34. The Morgan fingerprint density at radius 3 is 2.38 bits per heavy atom. The lowest BCUT2D eigenvalue weighted by atomic mass is 9.71. The number of carbonyl (C=O) groups is 1. The lowest BCUT2D eigenvalue weighted by Gasteiger charge is -2.43. The molecular formula is C19H18ClF2NO3. The normalized spacial score (nSPS) is 15.3. The van der Waals surface area contributed by atoms with Crippen LogP contribution in [0.25, 0.3) is 0 Å². The van der Waals surface area contributed by atoms with E-state index in [0.29, 0.717) is 5.02 Å². The van der Waals surface area contributed by atoms with Gasteiger partial charge in [-0.15, -0.1) is 0 Å². The summed E-state index contributed by atoms with van der Waals surface area (Å²) in [5.41, 5.74) is 0.728. The van der Waals surface area contributed by atoms with Gasteiger partial charge in [-0.3, -0.25) is 4.79 Å². The topological polar surface area (TPSA) is 47.6 Å². The Balaban J connectivity index is 1.83. The Kier molecular flexibility index (Phi) is 5.32. The number of alkyl halides is 2. The third-order valence-corrected chi connectivity index (χ3v) is 4.85. The summed E-state index contributed by atoms with van der Waals surface area (Å²) < 4.78 is 34.6. The molecule has 1 saturated carbocycles. The van der Waals surface area contributed by atoms with Crippen LogP contribution in [0.1, 0.15) is 35.2 Å². The number of hydrogen-bond acceptors (Lipinski definition) is 3. The van der Waals surface area contributed by atoms with Crippen molar-refractivity contribution in [1.29, 1.82) is 0 Å². The van der Waals surface area contributed by atoms with E-state index in [1.807, 2.05) is 12.1 Å². The second-order valence-electron chi connectivity index (χ2n) is 6.14. The Morgan fingerprint density at radius 2 is 1.85 bits per heavy atom. The molecule has 1 amide bonds. The summed E-state index contributed by atoms with van der Waals surface area (Å²) in [6, 6.07) is 11.6. The minimum Gasteiger partial charge on any atom is -0.493 e. The highest BCUT2D eigenvalue weighted by atomic mass is 35.5. The molecule has 0 aromatic heterocycles. The third kappa shape index (κ3) is 3.75. The number of carbonyl (C=O) groups excluding carboxylic acids is 1. The molecule has 0 atom stereocenters. The van der Waals surface area contributed by atoms with E-state index in [1.54, 1.807) is 12.1 Å². The molecule has 2 aromatic carbocycles. The first-order valence-electron chi connectivity index (χ1n) is 8.15. The van der Waals surface area contributed by atoms with Gasteiger partial charge in [-0.25, -0.2) is 0 Å². The number of rotatable bonds is 6. The molecular weight excluding hydrogens is 364 g/mol. The number of nitrogens with one attached hydrogen (secondary N) is 1. The van der Waals surface area contributed by atoms with Crippen molar-refractivity contribution in [2.45, 2.75) is 31.4 Å². The van der Waals surface area contributed by atoms with Crippen LogP contribution in [-0.2, 0) is 5.54 Å². The molecule has 0 bridgehead atoms. The van der Waals surface area contributed by atoms with E-state index in [-0.39, 0.29) is 23.0 Å². The Morgan fingerprint density at radius 1 is 1.15 bits per heavy atom. The number of amides is 1. The van der Waals surface area contributed by atoms with E-state index in [0.717, 1.165) is 24.8 Å². The summed E-state index contributed by atoms with van der Waals surface area (Å²) in [5.74, 6) is -0.399. The van der Waals surface area contributed by atoms with Crippen molar-refractivity contribution in [3.63, 3.8) is 0 Å². The number of hydrogen-bond donors (Lipinski definition) is 1. The van der Waals surface area contributed by atoms with E-state index >= 15 is 0 Å². The highest BCUT2D eigenvalue weighted by Crippen LogP contribution is 2.42. The van der Waals surface area contributed by atoms with Gasteiger partial charge in [0.05, 0.1) is 12.6 Å². The highest BCUT2D eigenvalue weighted by Gasteiger charge is 2.40. The van der Waals surface area contributed by atoms with Crippen LogP contribution < -0.4 is 14.8 Å². The molecule has 4 nitrogen and oxygen atoms in total. The summed E-state index contributed by atoms with van der Waals surface area (Å²) in [6.07, 6.45) is 2.60. The first-order chi connectivity index (χ1) is 12.4. The van der Waals surface area contributed by atoms with Gasteiger partial charge in [0.15, 0.2) is 11.5 Å². The number of methoxy groups -OCH3 is 1. The van der Waals surface area contributed by atoms with Gasteiger partial charge >= 0.3 is 6.61 Å². The fourth-order valence-electron chi connectivity index (χ4n) is 3.08. The van der Waals surface area contributed by atoms with Gasteiger partial charge in [-0.1, -0.05) is 23.7 Å². The van der Waals surface area contributed by atoms with Crippen molar-refractivity contribution in [3.8, 4) is 11.5 Å². The van der Waals surface area contributed by atoms with Crippen molar-refractivity contribution < 1.29 is 23.0 Å². The van der Waals surface area contributed by atoms with Crippen molar-refractivity contribution in [2.24, 2.45) is 0 Å². The maximum Gasteiger partial charge on any atom is 0.387 e. The summed E-state index contributed by atoms with van der Waals surface area (Å²) >= 11 is 5.94. The van der Waals surface area contributed by atoms with Gasteiger partial charge in [-0.2, -0.15) is 8.78 Å². The monoisotopic (exact) mass is 381 g/mol. The largest absolute Gasteiger partial charge is 0.493 e. The molecule has 1 aliphatic carbocycles. The summed E-state index contributed by atoms with van der Waals surface area (Å²) in [5, 5.41) is 3.66.